The second-order valence-electron chi connectivity index (χ2n) is 5.67. The van der Waals surface area contributed by atoms with Gasteiger partial charge in [-0.25, -0.2) is 0 Å². The molecule has 1 atom stereocenters. The van der Waals surface area contributed by atoms with E-state index in [1.54, 1.807) is 0 Å². The first-order chi connectivity index (χ1) is 9.72. The highest BCUT2D eigenvalue weighted by molar-refractivity contribution is 9.09. The zero-order chi connectivity index (χ0) is 14.0. The van der Waals surface area contributed by atoms with Crippen LogP contribution in [0.1, 0.15) is 42.5 Å². The van der Waals surface area contributed by atoms with Crippen LogP contribution in [-0.2, 0) is 4.74 Å². The van der Waals surface area contributed by atoms with E-state index in [9.17, 15) is 0 Å². The highest BCUT2D eigenvalue weighted by atomic mass is 79.9. The topological polar surface area (TPSA) is 27.7 Å². The van der Waals surface area contributed by atoms with E-state index in [1.165, 1.54) is 12.0 Å². The second kappa shape index (κ2) is 5.94. The van der Waals surface area contributed by atoms with Gasteiger partial charge in [-0.2, -0.15) is 0 Å². The minimum absolute atomic E-state index is 0.0678. The Labute approximate surface area is 128 Å². The van der Waals surface area contributed by atoms with Gasteiger partial charge in [-0.05, 0) is 43.4 Å². The quantitative estimate of drug-likeness (QED) is 0.767. The SMILES string of the molecule is COC1(CC(Br)c2ccc3c(c2)OCCCO3)CCC1. The fourth-order valence-corrected chi connectivity index (χ4v) is 3.76. The molecule has 1 fully saturated rings. The average Bonchev–Trinajstić information content (AvgIpc) is 2.67. The lowest BCUT2D eigenvalue weighted by Crippen LogP contribution is -2.39. The van der Waals surface area contributed by atoms with E-state index < -0.39 is 0 Å². The molecule has 4 heteroatoms. The Balaban J connectivity index is 1.74. The third-order valence-corrected chi connectivity index (χ3v) is 5.23. The first-order valence-corrected chi connectivity index (χ1v) is 8.23. The maximum Gasteiger partial charge on any atom is 0.161 e. The second-order valence-corrected chi connectivity index (χ2v) is 6.77. The Hall–Kier alpha value is -0.740. The lowest BCUT2D eigenvalue weighted by atomic mass is 9.76. The number of benzene rings is 1. The van der Waals surface area contributed by atoms with Crippen LogP contribution in [0.5, 0.6) is 11.5 Å². The van der Waals surface area contributed by atoms with Crippen molar-refractivity contribution in [1.82, 2.24) is 0 Å². The van der Waals surface area contributed by atoms with Gasteiger partial charge in [-0.1, -0.05) is 22.0 Å². The van der Waals surface area contributed by atoms with E-state index in [0.29, 0.717) is 4.83 Å². The van der Waals surface area contributed by atoms with Crippen LogP contribution in [0, 0.1) is 0 Å². The zero-order valence-electron chi connectivity index (χ0n) is 11.9. The first-order valence-electron chi connectivity index (χ1n) is 7.31. The van der Waals surface area contributed by atoms with Crippen molar-refractivity contribution in [2.24, 2.45) is 0 Å². The molecule has 1 aliphatic carbocycles. The normalized spacial score (nSPS) is 21.7. The zero-order valence-corrected chi connectivity index (χ0v) is 13.4. The van der Waals surface area contributed by atoms with Gasteiger partial charge in [0.2, 0.25) is 0 Å². The minimum atomic E-state index is 0.0678. The lowest BCUT2D eigenvalue weighted by molar-refractivity contribution is -0.0773. The molecule has 0 radical (unpaired) electrons. The van der Waals surface area contributed by atoms with Crippen molar-refractivity contribution in [2.45, 2.75) is 42.5 Å². The Bertz CT molecular complexity index is 465. The molecule has 0 N–H and O–H groups in total. The third kappa shape index (κ3) is 2.82. The van der Waals surface area contributed by atoms with E-state index in [0.717, 1.165) is 50.4 Å². The maximum absolute atomic E-state index is 5.76. The molecule has 1 aromatic rings. The summed E-state index contributed by atoms with van der Waals surface area (Å²) in [7, 11) is 1.83. The molecular formula is C16H21BrO3. The van der Waals surface area contributed by atoms with Crippen LogP contribution in [-0.4, -0.2) is 25.9 Å². The summed E-state index contributed by atoms with van der Waals surface area (Å²) in [5, 5.41) is 0. The maximum atomic E-state index is 5.76. The summed E-state index contributed by atoms with van der Waals surface area (Å²) < 4.78 is 17.1. The van der Waals surface area contributed by atoms with Crippen molar-refractivity contribution in [3.63, 3.8) is 0 Å². The van der Waals surface area contributed by atoms with E-state index >= 15 is 0 Å². The molecule has 0 amide bonds. The van der Waals surface area contributed by atoms with Crippen LogP contribution in [0.2, 0.25) is 0 Å². The number of methoxy groups -OCH3 is 1. The van der Waals surface area contributed by atoms with Gasteiger partial charge in [-0.15, -0.1) is 0 Å². The van der Waals surface area contributed by atoms with Crippen molar-refractivity contribution < 1.29 is 14.2 Å². The smallest absolute Gasteiger partial charge is 0.161 e. The number of halogens is 1. The summed E-state index contributed by atoms with van der Waals surface area (Å²) in [5.74, 6) is 1.72. The summed E-state index contributed by atoms with van der Waals surface area (Å²) in [4.78, 5) is 0.292. The van der Waals surface area contributed by atoms with Gasteiger partial charge in [-0.3, -0.25) is 0 Å². The molecule has 0 bridgehead atoms. The number of hydrogen-bond donors (Lipinski definition) is 0. The van der Waals surface area contributed by atoms with Gasteiger partial charge in [0.05, 0.1) is 18.8 Å². The number of ether oxygens (including phenoxy) is 3. The monoisotopic (exact) mass is 340 g/mol. The highest BCUT2D eigenvalue weighted by Crippen LogP contribution is 2.45. The van der Waals surface area contributed by atoms with Crippen LogP contribution in [0.4, 0.5) is 0 Å². The predicted octanol–water partition coefficient (Wildman–Crippen LogP) is 4.24. The van der Waals surface area contributed by atoms with Crippen molar-refractivity contribution in [3.05, 3.63) is 23.8 Å². The van der Waals surface area contributed by atoms with Crippen molar-refractivity contribution in [1.29, 1.82) is 0 Å². The molecule has 1 saturated carbocycles. The Morgan fingerprint density at radius 3 is 2.60 bits per heavy atom. The Morgan fingerprint density at radius 2 is 1.95 bits per heavy atom. The van der Waals surface area contributed by atoms with Gasteiger partial charge in [0, 0.05) is 18.4 Å². The van der Waals surface area contributed by atoms with Gasteiger partial charge in [0.25, 0.3) is 0 Å². The predicted molar refractivity (Wildman–Crippen MR) is 81.9 cm³/mol. The van der Waals surface area contributed by atoms with Crippen molar-refractivity contribution in [3.8, 4) is 11.5 Å². The van der Waals surface area contributed by atoms with E-state index in [1.807, 2.05) is 13.2 Å². The largest absolute Gasteiger partial charge is 0.490 e. The summed E-state index contributed by atoms with van der Waals surface area (Å²) in [5.41, 5.74) is 1.30. The Kier molecular flexibility index (Phi) is 4.22. The molecule has 1 aromatic carbocycles. The van der Waals surface area contributed by atoms with Crippen LogP contribution in [0.25, 0.3) is 0 Å². The van der Waals surface area contributed by atoms with E-state index in [2.05, 4.69) is 28.1 Å². The molecule has 1 aliphatic heterocycles. The molecule has 1 heterocycles. The first kappa shape index (κ1) is 14.2. The molecule has 20 heavy (non-hydrogen) atoms. The summed E-state index contributed by atoms with van der Waals surface area (Å²) in [6.45, 7) is 1.46. The molecule has 1 unspecified atom stereocenters. The summed E-state index contributed by atoms with van der Waals surface area (Å²) >= 11 is 3.81. The van der Waals surface area contributed by atoms with Crippen molar-refractivity contribution >= 4 is 15.9 Å². The van der Waals surface area contributed by atoms with Crippen LogP contribution in [0.15, 0.2) is 18.2 Å². The third-order valence-electron chi connectivity index (χ3n) is 4.38. The average molecular weight is 341 g/mol. The Morgan fingerprint density at radius 1 is 1.20 bits per heavy atom. The van der Waals surface area contributed by atoms with Crippen LogP contribution in [0.3, 0.4) is 0 Å². The van der Waals surface area contributed by atoms with Gasteiger partial charge >= 0.3 is 0 Å². The van der Waals surface area contributed by atoms with Gasteiger partial charge < -0.3 is 14.2 Å². The molecule has 2 aliphatic rings. The molecule has 110 valence electrons. The van der Waals surface area contributed by atoms with Gasteiger partial charge in [0.15, 0.2) is 11.5 Å². The highest BCUT2D eigenvalue weighted by Gasteiger charge is 2.38. The number of fused-ring (bicyclic) bond motifs is 1. The van der Waals surface area contributed by atoms with Gasteiger partial charge in [0.1, 0.15) is 0 Å². The van der Waals surface area contributed by atoms with E-state index in [4.69, 9.17) is 14.2 Å². The standard InChI is InChI=1S/C16H21BrO3/c1-18-16(6-2-7-16)11-13(17)12-4-5-14-15(10-12)20-9-3-8-19-14/h4-5,10,13H,2-3,6-9,11H2,1H3. The molecule has 0 spiro atoms. The van der Waals surface area contributed by atoms with E-state index in [-0.39, 0.29) is 5.60 Å². The fraction of sp³-hybridized carbons (Fsp3) is 0.625. The van der Waals surface area contributed by atoms with Crippen LogP contribution < -0.4 is 9.47 Å². The number of alkyl halides is 1. The summed E-state index contributed by atoms with van der Waals surface area (Å²) in [6, 6.07) is 6.24. The lowest BCUT2D eigenvalue weighted by Gasteiger charge is -2.42. The molecular weight excluding hydrogens is 320 g/mol. The molecule has 0 aromatic heterocycles. The number of rotatable bonds is 4. The van der Waals surface area contributed by atoms with Crippen LogP contribution >= 0.6 is 15.9 Å². The molecule has 3 nitrogen and oxygen atoms in total. The molecule has 3 rings (SSSR count). The van der Waals surface area contributed by atoms with Crippen molar-refractivity contribution in [2.75, 3.05) is 20.3 Å². The number of hydrogen-bond acceptors (Lipinski definition) is 3. The molecule has 0 saturated heterocycles. The fourth-order valence-electron chi connectivity index (χ4n) is 2.88. The summed E-state index contributed by atoms with van der Waals surface area (Å²) in [6.07, 6.45) is 5.54. The minimum Gasteiger partial charge on any atom is -0.490 e.